The average molecular weight is 261 g/mol. The van der Waals surface area contributed by atoms with Gasteiger partial charge in [0.05, 0.1) is 0 Å². The Balaban J connectivity index is 1.78. The van der Waals surface area contributed by atoms with Gasteiger partial charge in [-0.3, -0.25) is 9.59 Å². The van der Waals surface area contributed by atoms with Crippen LogP contribution in [0.15, 0.2) is 18.2 Å². The van der Waals surface area contributed by atoms with Crippen molar-refractivity contribution in [2.24, 2.45) is 5.73 Å². The van der Waals surface area contributed by atoms with Gasteiger partial charge < -0.3 is 16.4 Å². The Morgan fingerprint density at radius 1 is 1.32 bits per heavy atom. The summed E-state index contributed by atoms with van der Waals surface area (Å²) in [5, 5.41) is 6.10. The predicted octanol–water partition coefficient (Wildman–Crippen LogP) is 1.04. The highest BCUT2D eigenvalue weighted by Gasteiger charge is 2.12. The molecule has 0 radical (unpaired) electrons. The van der Waals surface area contributed by atoms with E-state index >= 15 is 0 Å². The molecule has 2 rings (SSSR count). The fourth-order valence-corrected chi connectivity index (χ4v) is 2.16. The van der Waals surface area contributed by atoms with Crippen molar-refractivity contribution in [3.05, 3.63) is 29.3 Å². The Hall–Kier alpha value is -2.04. The van der Waals surface area contributed by atoms with Crippen LogP contribution in [0.1, 0.15) is 35.2 Å². The zero-order chi connectivity index (χ0) is 13.7. The summed E-state index contributed by atoms with van der Waals surface area (Å²) in [5.74, 6) is -0.369. The number of anilines is 1. The van der Waals surface area contributed by atoms with Crippen LogP contribution < -0.4 is 16.4 Å². The molecule has 102 valence electrons. The third-order valence-electron chi connectivity index (χ3n) is 3.22. The molecule has 5 nitrogen and oxygen atoms in total. The molecule has 4 N–H and O–H groups in total. The lowest BCUT2D eigenvalue weighted by atomic mass is 10.1. The minimum absolute atomic E-state index is 0.0735. The number of unbranched alkanes of at least 4 members (excludes halogenated alkanes) is 1. The van der Waals surface area contributed by atoms with E-state index in [4.69, 9.17) is 5.73 Å². The van der Waals surface area contributed by atoms with E-state index in [9.17, 15) is 9.59 Å². The molecule has 1 aliphatic rings. The number of fused-ring (bicyclic) bond motifs is 1. The summed E-state index contributed by atoms with van der Waals surface area (Å²) in [4.78, 5) is 22.5. The van der Waals surface area contributed by atoms with Crippen LogP contribution in [0.5, 0.6) is 0 Å². The standard InChI is InChI=1S/C14H19N3O2/c15-13(18)3-1-2-7-17-14(19)11-5-4-10-6-8-16-12(10)9-11/h4-5,9,16H,1-3,6-8H2,(H2,15,18)(H,17,19). The zero-order valence-corrected chi connectivity index (χ0v) is 10.9. The van der Waals surface area contributed by atoms with E-state index in [-0.39, 0.29) is 11.8 Å². The summed E-state index contributed by atoms with van der Waals surface area (Å²) in [6.45, 7) is 1.50. The maximum absolute atomic E-state index is 11.9. The van der Waals surface area contributed by atoms with E-state index in [0.29, 0.717) is 24.9 Å². The first-order valence-electron chi connectivity index (χ1n) is 6.60. The van der Waals surface area contributed by atoms with Crippen LogP contribution in [0.4, 0.5) is 5.69 Å². The second kappa shape index (κ2) is 6.22. The number of primary amides is 1. The van der Waals surface area contributed by atoms with E-state index in [1.54, 1.807) is 0 Å². The number of carbonyl (C=O) groups is 2. The van der Waals surface area contributed by atoms with Gasteiger partial charge in [-0.1, -0.05) is 6.07 Å². The second-order valence-electron chi connectivity index (χ2n) is 4.73. The van der Waals surface area contributed by atoms with Gasteiger partial charge in [-0.05, 0) is 37.0 Å². The van der Waals surface area contributed by atoms with Gasteiger partial charge in [-0.25, -0.2) is 0 Å². The molecule has 0 saturated carbocycles. The summed E-state index contributed by atoms with van der Waals surface area (Å²) in [7, 11) is 0. The van der Waals surface area contributed by atoms with E-state index < -0.39 is 0 Å². The van der Waals surface area contributed by atoms with Gasteiger partial charge in [0.15, 0.2) is 0 Å². The predicted molar refractivity (Wildman–Crippen MR) is 74.0 cm³/mol. The van der Waals surface area contributed by atoms with Gasteiger partial charge in [0.1, 0.15) is 0 Å². The van der Waals surface area contributed by atoms with Crippen molar-refractivity contribution in [3.8, 4) is 0 Å². The van der Waals surface area contributed by atoms with Gasteiger partial charge in [0.2, 0.25) is 5.91 Å². The maximum Gasteiger partial charge on any atom is 0.251 e. The molecule has 0 fully saturated rings. The van der Waals surface area contributed by atoms with Crippen molar-refractivity contribution in [2.75, 3.05) is 18.4 Å². The summed E-state index contributed by atoms with van der Waals surface area (Å²) < 4.78 is 0. The molecular weight excluding hydrogens is 242 g/mol. The Bertz CT molecular complexity index is 486. The van der Waals surface area contributed by atoms with Crippen molar-refractivity contribution in [1.82, 2.24) is 5.32 Å². The lowest BCUT2D eigenvalue weighted by Crippen LogP contribution is -2.24. The normalized spacial score (nSPS) is 12.6. The van der Waals surface area contributed by atoms with Gasteiger partial charge in [-0.15, -0.1) is 0 Å². The molecule has 0 aromatic heterocycles. The van der Waals surface area contributed by atoms with Crippen LogP contribution >= 0.6 is 0 Å². The van der Waals surface area contributed by atoms with E-state index in [0.717, 1.165) is 25.1 Å². The highest BCUT2D eigenvalue weighted by Crippen LogP contribution is 2.23. The molecule has 19 heavy (non-hydrogen) atoms. The molecule has 0 bridgehead atoms. The lowest BCUT2D eigenvalue weighted by Gasteiger charge is -2.06. The van der Waals surface area contributed by atoms with Gasteiger partial charge in [0, 0.05) is 30.8 Å². The number of carbonyl (C=O) groups excluding carboxylic acids is 2. The smallest absolute Gasteiger partial charge is 0.251 e. The average Bonchev–Trinajstić information content (AvgIpc) is 2.84. The number of nitrogens with one attached hydrogen (secondary N) is 2. The number of amides is 2. The van der Waals surface area contributed by atoms with Gasteiger partial charge >= 0.3 is 0 Å². The monoisotopic (exact) mass is 261 g/mol. The highest BCUT2D eigenvalue weighted by atomic mass is 16.2. The Morgan fingerprint density at radius 3 is 2.95 bits per heavy atom. The minimum Gasteiger partial charge on any atom is -0.384 e. The zero-order valence-electron chi connectivity index (χ0n) is 10.9. The Kier molecular flexibility index (Phi) is 4.39. The first-order chi connectivity index (χ1) is 9.16. The van der Waals surface area contributed by atoms with Crippen molar-refractivity contribution >= 4 is 17.5 Å². The molecule has 1 heterocycles. The molecule has 0 aliphatic carbocycles. The number of rotatable bonds is 6. The van der Waals surface area contributed by atoms with Crippen LogP contribution in [0, 0.1) is 0 Å². The van der Waals surface area contributed by atoms with Crippen LogP contribution in [0.25, 0.3) is 0 Å². The van der Waals surface area contributed by atoms with Crippen molar-refractivity contribution < 1.29 is 9.59 Å². The number of nitrogens with two attached hydrogens (primary N) is 1. The number of benzene rings is 1. The Labute approximate surface area is 112 Å². The van der Waals surface area contributed by atoms with E-state index in [1.807, 2.05) is 18.2 Å². The van der Waals surface area contributed by atoms with Crippen molar-refractivity contribution in [1.29, 1.82) is 0 Å². The van der Waals surface area contributed by atoms with Crippen molar-refractivity contribution in [2.45, 2.75) is 25.7 Å². The molecule has 0 spiro atoms. The number of hydrogen-bond acceptors (Lipinski definition) is 3. The topological polar surface area (TPSA) is 84.2 Å². The number of hydrogen-bond donors (Lipinski definition) is 3. The largest absolute Gasteiger partial charge is 0.384 e. The molecule has 1 aromatic carbocycles. The fraction of sp³-hybridized carbons (Fsp3) is 0.429. The molecule has 5 heteroatoms. The molecule has 0 saturated heterocycles. The summed E-state index contributed by atoms with van der Waals surface area (Å²) >= 11 is 0. The summed E-state index contributed by atoms with van der Waals surface area (Å²) in [6.07, 6.45) is 2.86. The lowest BCUT2D eigenvalue weighted by molar-refractivity contribution is -0.118. The van der Waals surface area contributed by atoms with Gasteiger partial charge in [-0.2, -0.15) is 0 Å². The summed E-state index contributed by atoms with van der Waals surface area (Å²) in [6, 6.07) is 5.74. The fourth-order valence-electron chi connectivity index (χ4n) is 2.16. The first-order valence-corrected chi connectivity index (χ1v) is 6.60. The van der Waals surface area contributed by atoms with Crippen LogP contribution in [-0.4, -0.2) is 24.9 Å². The highest BCUT2D eigenvalue weighted by molar-refractivity contribution is 5.95. The molecule has 2 amide bonds. The first kappa shape index (κ1) is 13.4. The van der Waals surface area contributed by atoms with E-state index in [2.05, 4.69) is 10.6 Å². The van der Waals surface area contributed by atoms with Gasteiger partial charge in [0.25, 0.3) is 5.91 Å². The molecule has 1 aliphatic heterocycles. The molecule has 1 aromatic rings. The third-order valence-corrected chi connectivity index (χ3v) is 3.22. The Morgan fingerprint density at radius 2 is 2.16 bits per heavy atom. The van der Waals surface area contributed by atoms with Crippen molar-refractivity contribution in [3.63, 3.8) is 0 Å². The molecule has 0 unspecified atom stereocenters. The van der Waals surface area contributed by atoms with Crippen LogP contribution in [-0.2, 0) is 11.2 Å². The quantitative estimate of drug-likeness (QED) is 0.669. The van der Waals surface area contributed by atoms with Crippen LogP contribution in [0.3, 0.4) is 0 Å². The van der Waals surface area contributed by atoms with Crippen LogP contribution in [0.2, 0.25) is 0 Å². The maximum atomic E-state index is 11.9. The molecule has 0 atom stereocenters. The third kappa shape index (κ3) is 3.71. The second-order valence-corrected chi connectivity index (χ2v) is 4.73. The minimum atomic E-state index is -0.295. The molecular formula is C14H19N3O2. The van der Waals surface area contributed by atoms with E-state index in [1.165, 1.54) is 5.56 Å². The summed E-state index contributed by atoms with van der Waals surface area (Å²) in [5.41, 5.74) is 8.03. The SMILES string of the molecule is NC(=O)CCCCNC(=O)c1ccc2c(c1)NCC2.